The van der Waals surface area contributed by atoms with Crippen molar-refractivity contribution in [2.24, 2.45) is 11.3 Å². The maximum atomic E-state index is 15.2. The zero-order valence-electron chi connectivity index (χ0n) is 28.7. The molecule has 2 saturated carbocycles. The second-order valence-electron chi connectivity index (χ2n) is 15.2. The third-order valence-corrected chi connectivity index (χ3v) is 13.8. The summed E-state index contributed by atoms with van der Waals surface area (Å²) in [5, 5.41) is 1.08. The largest absolute Gasteiger partial charge is 0.497 e. The number of nitrogens with zero attached hydrogens (tertiary/aromatic N) is 4. The van der Waals surface area contributed by atoms with Crippen molar-refractivity contribution in [2.45, 2.75) is 82.3 Å². The molecule has 4 fully saturated rings. The number of hydrogen-bond donors (Lipinski definition) is 1. The maximum absolute atomic E-state index is 15.2. The normalized spacial score (nSPS) is 28.5. The van der Waals surface area contributed by atoms with Crippen LogP contribution < -0.4 is 9.46 Å². The lowest BCUT2D eigenvalue weighted by molar-refractivity contribution is -0.144. The first-order chi connectivity index (χ1) is 23.0. The number of hydrogen-bond acceptors (Lipinski definition) is 6. The highest BCUT2D eigenvalue weighted by Gasteiger charge is 2.71. The Morgan fingerprint density at radius 2 is 1.69 bits per heavy atom. The van der Waals surface area contributed by atoms with E-state index in [2.05, 4.69) is 45.2 Å². The van der Waals surface area contributed by atoms with Crippen LogP contribution >= 0.6 is 0 Å². The lowest BCUT2D eigenvalue weighted by atomic mass is 9.81. The van der Waals surface area contributed by atoms with Gasteiger partial charge in [0.25, 0.3) is 5.91 Å². The van der Waals surface area contributed by atoms with Gasteiger partial charge in [-0.15, -0.1) is 0 Å². The molecule has 10 nitrogen and oxygen atoms in total. The van der Waals surface area contributed by atoms with Crippen molar-refractivity contribution >= 4 is 32.9 Å². The third-order valence-electron chi connectivity index (χ3n) is 12.4. The van der Waals surface area contributed by atoms with E-state index in [9.17, 15) is 13.2 Å². The third kappa shape index (κ3) is 4.67. The van der Waals surface area contributed by atoms with Crippen molar-refractivity contribution in [2.75, 3.05) is 41.3 Å². The molecule has 2 aliphatic carbocycles. The van der Waals surface area contributed by atoms with E-state index in [1.807, 2.05) is 18.2 Å². The molecule has 48 heavy (non-hydrogen) atoms. The topological polar surface area (TPSA) is 104 Å². The number of ether oxygens (including phenoxy) is 1. The first kappa shape index (κ1) is 31.8. The highest BCUT2D eigenvalue weighted by molar-refractivity contribution is 7.87. The van der Waals surface area contributed by atoms with Gasteiger partial charge < -0.3 is 19.1 Å². The van der Waals surface area contributed by atoms with E-state index >= 15 is 4.79 Å². The van der Waals surface area contributed by atoms with Gasteiger partial charge in [0.1, 0.15) is 5.75 Å². The molecule has 0 spiro atoms. The Kier molecular flexibility index (Phi) is 7.50. The van der Waals surface area contributed by atoms with E-state index in [1.165, 1.54) is 44.5 Å². The van der Waals surface area contributed by atoms with Gasteiger partial charge in [-0.25, -0.2) is 4.72 Å². The van der Waals surface area contributed by atoms with Crippen LogP contribution in [0.1, 0.15) is 85.2 Å². The van der Waals surface area contributed by atoms with Crippen molar-refractivity contribution < 1.29 is 22.7 Å². The highest BCUT2D eigenvalue weighted by atomic mass is 32.2. The molecule has 5 aliphatic rings. The van der Waals surface area contributed by atoms with Crippen LogP contribution in [0.4, 0.5) is 0 Å². The summed E-state index contributed by atoms with van der Waals surface area (Å²) in [7, 11) is 2.67. The average Bonchev–Trinajstić information content (AvgIpc) is 3.44. The van der Waals surface area contributed by atoms with Gasteiger partial charge in [-0.2, -0.15) is 12.7 Å². The monoisotopic (exact) mass is 673 g/mol. The molecular weight excluding hydrogens is 627 g/mol. The number of methoxy groups -OCH3 is 1. The van der Waals surface area contributed by atoms with Crippen LogP contribution in [0.15, 0.2) is 36.4 Å². The molecule has 11 heteroatoms. The summed E-state index contributed by atoms with van der Waals surface area (Å²) in [6, 6.07) is 12.4. The zero-order chi connectivity index (χ0) is 33.7. The Bertz CT molecular complexity index is 1920. The standard InChI is InChI=1S/C37H47N5O5S/c1-22-33-30-18-27(47-5)14-16-28(30)34-32(23-9-7-6-8-10-23)29-15-11-24(35(43)38-48(45,46)39(2)3)17-31(29)41(34)21-37(22,33)36(44)42-25-12-13-26(42)20-40(4)19-25/h11,14-18,22-23,25-26,33H,6-10,12-13,19-21H2,1-5H3,(H,38,43)/t22-,25?,26?,33?,37+/m0/s1. The van der Waals surface area contributed by atoms with Crippen LogP contribution in [0.25, 0.3) is 22.2 Å². The van der Waals surface area contributed by atoms with Gasteiger partial charge in [-0.3, -0.25) is 9.59 Å². The van der Waals surface area contributed by atoms with Gasteiger partial charge >= 0.3 is 10.2 Å². The minimum Gasteiger partial charge on any atom is -0.497 e. The molecule has 2 aromatic carbocycles. The SMILES string of the molecule is COc1ccc2c(c1)C1[C@H](C)[C@]1(C(=O)N1C3CCC1CN(C)C3)Cn1c-2c(C2CCCCC2)c2ccc(C(=O)NS(=O)(=O)N(C)C)cc21. The van der Waals surface area contributed by atoms with Gasteiger partial charge in [-0.05, 0) is 86.0 Å². The van der Waals surface area contributed by atoms with Crippen molar-refractivity contribution in [3.05, 3.63) is 53.1 Å². The van der Waals surface area contributed by atoms with E-state index in [1.54, 1.807) is 13.2 Å². The molecular formula is C37H47N5O5S. The summed E-state index contributed by atoms with van der Waals surface area (Å²) in [5.74, 6) is 0.896. The Morgan fingerprint density at radius 3 is 2.35 bits per heavy atom. The van der Waals surface area contributed by atoms with Crippen molar-refractivity contribution in [3.63, 3.8) is 0 Å². The number of carbonyl (C=O) groups is 2. The van der Waals surface area contributed by atoms with Gasteiger partial charge in [0.05, 0.1) is 18.2 Å². The lowest BCUT2D eigenvalue weighted by Gasteiger charge is -2.41. The van der Waals surface area contributed by atoms with Crippen LogP contribution in [-0.2, 0) is 21.5 Å². The summed E-state index contributed by atoms with van der Waals surface area (Å²) >= 11 is 0. The van der Waals surface area contributed by atoms with E-state index in [0.717, 1.165) is 71.0 Å². The number of fused-ring (bicyclic) bond motifs is 9. The summed E-state index contributed by atoms with van der Waals surface area (Å²) < 4.78 is 36.6. The summed E-state index contributed by atoms with van der Waals surface area (Å²) in [5.41, 5.74) is 5.27. The highest BCUT2D eigenvalue weighted by Crippen LogP contribution is 2.70. The zero-order valence-corrected chi connectivity index (χ0v) is 29.5. The van der Waals surface area contributed by atoms with Crippen LogP contribution in [0, 0.1) is 11.3 Å². The number of likely N-dealkylation sites (N-methyl/N-ethyl adjacent to an activating group) is 1. The van der Waals surface area contributed by atoms with E-state index in [4.69, 9.17) is 4.74 Å². The van der Waals surface area contributed by atoms with Crippen LogP contribution in [0.2, 0.25) is 0 Å². The molecule has 1 N–H and O–H groups in total. The van der Waals surface area contributed by atoms with Crippen LogP contribution in [-0.4, -0.2) is 92.3 Å². The molecule has 2 bridgehead atoms. The molecule has 4 heterocycles. The molecule has 256 valence electrons. The molecule has 3 aromatic rings. The maximum Gasteiger partial charge on any atom is 0.303 e. The van der Waals surface area contributed by atoms with Crippen LogP contribution in [0.5, 0.6) is 5.75 Å². The second-order valence-corrected chi connectivity index (χ2v) is 17.1. The summed E-state index contributed by atoms with van der Waals surface area (Å²) in [4.78, 5) is 33.2. The minimum absolute atomic E-state index is 0.0417. The number of benzene rings is 2. The van der Waals surface area contributed by atoms with Crippen molar-refractivity contribution in [3.8, 4) is 17.0 Å². The van der Waals surface area contributed by atoms with Gasteiger partial charge in [-0.1, -0.05) is 32.3 Å². The summed E-state index contributed by atoms with van der Waals surface area (Å²) in [6.07, 6.45) is 7.83. The number of amides is 2. The predicted molar refractivity (Wildman–Crippen MR) is 185 cm³/mol. The van der Waals surface area contributed by atoms with Crippen molar-refractivity contribution in [1.82, 2.24) is 23.4 Å². The predicted octanol–water partition coefficient (Wildman–Crippen LogP) is 4.94. The van der Waals surface area contributed by atoms with Gasteiger partial charge in [0.15, 0.2) is 0 Å². The Labute approximate surface area is 283 Å². The smallest absolute Gasteiger partial charge is 0.303 e. The molecule has 3 aliphatic heterocycles. The van der Waals surface area contributed by atoms with E-state index < -0.39 is 21.5 Å². The first-order valence-corrected chi connectivity index (χ1v) is 19.0. The molecule has 5 atom stereocenters. The fraction of sp³-hybridized carbons (Fsp3) is 0.568. The van der Waals surface area contributed by atoms with Crippen LogP contribution in [0.3, 0.4) is 0 Å². The molecule has 1 aromatic heterocycles. The second kappa shape index (κ2) is 11.3. The van der Waals surface area contributed by atoms with E-state index in [0.29, 0.717) is 12.5 Å². The Balaban J connectivity index is 1.34. The lowest BCUT2D eigenvalue weighted by Crippen LogP contribution is -2.57. The number of carbonyl (C=O) groups excluding carboxylic acids is 2. The average molecular weight is 674 g/mol. The minimum atomic E-state index is -3.97. The molecule has 2 saturated heterocycles. The fourth-order valence-corrected chi connectivity index (χ4v) is 10.5. The Hall–Kier alpha value is -3.41. The molecule has 3 unspecified atom stereocenters. The molecule has 0 radical (unpaired) electrons. The van der Waals surface area contributed by atoms with Crippen molar-refractivity contribution in [1.29, 1.82) is 0 Å². The summed E-state index contributed by atoms with van der Waals surface area (Å²) in [6.45, 7) is 4.55. The molecule has 8 rings (SSSR count). The quantitative estimate of drug-likeness (QED) is 0.398. The van der Waals surface area contributed by atoms with Gasteiger partial charge in [0.2, 0.25) is 5.91 Å². The number of rotatable bonds is 6. The number of likely N-dealkylation sites (tertiary alicyclic amines) is 1. The molecule has 2 amide bonds. The number of nitrogens with one attached hydrogen (secondary N) is 1. The Morgan fingerprint density at radius 1 is 0.979 bits per heavy atom. The number of piperazine rings is 1. The fourth-order valence-electron chi connectivity index (χ4n) is 9.95. The van der Waals surface area contributed by atoms with E-state index in [-0.39, 0.29) is 35.4 Å². The number of aromatic nitrogens is 1. The van der Waals surface area contributed by atoms with Gasteiger partial charge in [0, 0.05) is 73.8 Å². The first-order valence-electron chi connectivity index (χ1n) is 17.6.